The van der Waals surface area contributed by atoms with Gasteiger partial charge in [-0.3, -0.25) is 9.48 Å². The summed E-state index contributed by atoms with van der Waals surface area (Å²) in [5.41, 5.74) is 2.32. The zero-order valence-electron chi connectivity index (χ0n) is 14.8. The summed E-state index contributed by atoms with van der Waals surface area (Å²) < 4.78 is 1.79. The molecule has 134 valence electrons. The number of thiazole rings is 1. The highest BCUT2D eigenvalue weighted by atomic mass is 32.1. The highest BCUT2D eigenvalue weighted by Crippen LogP contribution is 2.34. The lowest BCUT2D eigenvalue weighted by Gasteiger charge is -2.18. The van der Waals surface area contributed by atoms with Crippen molar-refractivity contribution in [2.24, 2.45) is 18.9 Å². The fourth-order valence-electron chi connectivity index (χ4n) is 3.98. The Morgan fingerprint density at radius 3 is 3.12 bits per heavy atom. The molecular weight excluding hydrogens is 334 g/mol. The molecule has 1 aliphatic carbocycles. The van der Waals surface area contributed by atoms with Crippen molar-refractivity contribution >= 4 is 22.4 Å². The summed E-state index contributed by atoms with van der Waals surface area (Å²) in [4.78, 5) is 18.9. The Morgan fingerprint density at radius 2 is 2.36 bits per heavy atom. The van der Waals surface area contributed by atoms with Crippen LogP contribution in [0.3, 0.4) is 0 Å². The number of hydrogen-bond acceptors (Lipinski definition) is 5. The molecule has 2 aromatic heterocycles. The molecule has 1 unspecified atom stereocenters. The maximum absolute atomic E-state index is 12.8. The molecule has 4 rings (SSSR count). The quantitative estimate of drug-likeness (QED) is 0.879. The average Bonchev–Trinajstić information content (AvgIpc) is 3.31. The molecule has 0 radical (unpaired) electrons. The van der Waals surface area contributed by atoms with Crippen LogP contribution >= 0.6 is 11.3 Å². The number of nitrogens with one attached hydrogen (secondary N) is 2. The van der Waals surface area contributed by atoms with Gasteiger partial charge in [0, 0.05) is 37.1 Å². The third kappa shape index (κ3) is 3.35. The second-order valence-electron chi connectivity index (χ2n) is 7.21. The van der Waals surface area contributed by atoms with Gasteiger partial charge in [0.05, 0.1) is 17.8 Å². The van der Waals surface area contributed by atoms with Gasteiger partial charge in [0.2, 0.25) is 5.91 Å². The number of carbonyl (C=O) groups excluding carboxylic acids is 1. The van der Waals surface area contributed by atoms with E-state index in [1.165, 1.54) is 23.4 Å². The summed E-state index contributed by atoms with van der Waals surface area (Å²) in [6.07, 6.45) is 8.47. The Kier molecular flexibility index (Phi) is 4.60. The second kappa shape index (κ2) is 6.88. The van der Waals surface area contributed by atoms with Crippen molar-refractivity contribution in [2.45, 2.75) is 38.5 Å². The van der Waals surface area contributed by atoms with Crippen LogP contribution in [0.2, 0.25) is 0 Å². The molecule has 1 aliphatic heterocycles. The van der Waals surface area contributed by atoms with Crippen LogP contribution in [0.5, 0.6) is 0 Å². The van der Waals surface area contributed by atoms with E-state index in [4.69, 9.17) is 0 Å². The van der Waals surface area contributed by atoms with E-state index in [9.17, 15) is 4.79 Å². The maximum atomic E-state index is 12.8. The van der Waals surface area contributed by atoms with Crippen LogP contribution in [0.4, 0.5) is 5.13 Å². The third-order valence-electron chi connectivity index (χ3n) is 5.55. The number of fused-ring (bicyclic) bond motifs is 1. The number of aromatic nitrogens is 3. The molecule has 7 heteroatoms. The summed E-state index contributed by atoms with van der Waals surface area (Å²) in [5.74, 6) is 0.934. The molecule has 2 N–H and O–H groups in total. The van der Waals surface area contributed by atoms with E-state index in [2.05, 4.69) is 27.6 Å². The predicted molar refractivity (Wildman–Crippen MR) is 98.9 cm³/mol. The van der Waals surface area contributed by atoms with Crippen molar-refractivity contribution in [3.8, 4) is 0 Å². The monoisotopic (exact) mass is 359 g/mol. The average molecular weight is 359 g/mol. The molecular formula is C18H25N5OS. The molecule has 1 saturated heterocycles. The molecule has 0 spiro atoms. The molecule has 2 aromatic rings. The predicted octanol–water partition coefficient (Wildman–Crippen LogP) is 2.33. The Hall–Kier alpha value is -1.73. The van der Waals surface area contributed by atoms with Gasteiger partial charge >= 0.3 is 0 Å². The van der Waals surface area contributed by atoms with E-state index in [1.54, 1.807) is 16.0 Å². The zero-order chi connectivity index (χ0) is 17.4. The van der Waals surface area contributed by atoms with E-state index < -0.39 is 0 Å². The summed E-state index contributed by atoms with van der Waals surface area (Å²) in [7, 11) is 1.91. The summed E-state index contributed by atoms with van der Waals surface area (Å²) in [5, 5.41) is 11.4. The Bertz CT molecular complexity index is 767. The lowest BCUT2D eigenvalue weighted by molar-refractivity contribution is -0.119. The smallest absolute Gasteiger partial charge is 0.231 e. The van der Waals surface area contributed by atoms with Crippen molar-refractivity contribution in [3.63, 3.8) is 0 Å². The fraction of sp³-hybridized carbons (Fsp3) is 0.611. The van der Waals surface area contributed by atoms with Gasteiger partial charge in [-0.2, -0.15) is 5.10 Å². The first kappa shape index (κ1) is 16.7. The van der Waals surface area contributed by atoms with Gasteiger partial charge in [-0.1, -0.05) is 13.3 Å². The van der Waals surface area contributed by atoms with E-state index in [0.29, 0.717) is 6.54 Å². The Morgan fingerprint density at radius 1 is 1.48 bits per heavy atom. The number of rotatable bonds is 4. The lowest BCUT2D eigenvalue weighted by atomic mass is 9.89. The molecule has 0 saturated carbocycles. The number of anilines is 1. The van der Waals surface area contributed by atoms with Gasteiger partial charge in [-0.05, 0) is 30.7 Å². The molecule has 0 bridgehead atoms. The summed E-state index contributed by atoms with van der Waals surface area (Å²) in [6, 6.07) is 0. The van der Waals surface area contributed by atoms with Crippen LogP contribution in [0, 0.1) is 11.8 Å². The van der Waals surface area contributed by atoms with Crippen LogP contribution in [0.15, 0.2) is 12.4 Å². The molecule has 2 aliphatic rings. The normalized spacial score (nSPS) is 25.8. The van der Waals surface area contributed by atoms with E-state index >= 15 is 0 Å². The Balaban J connectivity index is 1.46. The first-order chi connectivity index (χ1) is 12.1. The first-order valence-electron chi connectivity index (χ1n) is 9.12. The van der Waals surface area contributed by atoms with Gasteiger partial charge in [0.25, 0.3) is 0 Å². The summed E-state index contributed by atoms with van der Waals surface area (Å²) >= 11 is 1.66. The number of carbonyl (C=O) groups is 1. The fourth-order valence-corrected chi connectivity index (χ4v) is 5.10. The van der Waals surface area contributed by atoms with Gasteiger partial charge in [0.15, 0.2) is 5.13 Å². The first-order valence-corrected chi connectivity index (χ1v) is 9.94. The maximum Gasteiger partial charge on any atom is 0.231 e. The number of hydrogen-bond donors (Lipinski definition) is 2. The SMILES string of the molecule is CCC1CCc2nc(NC(=O)[C@H]3CNC[C@@H]3c3cnn(C)c3)sc2C1. The molecule has 25 heavy (non-hydrogen) atoms. The molecule has 6 nitrogen and oxygen atoms in total. The molecule has 1 amide bonds. The van der Waals surface area contributed by atoms with Crippen molar-refractivity contribution in [1.82, 2.24) is 20.1 Å². The standard InChI is InChI=1S/C18H25N5OS/c1-3-11-4-5-15-16(6-11)25-18(21-15)22-17(24)14-9-19-8-13(14)12-7-20-23(2)10-12/h7,10-11,13-14,19H,3-6,8-9H2,1-2H3,(H,21,22,24)/t11?,13-,14+/m1/s1. The molecule has 0 aromatic carbocycles. The molecule has 3 heterocycles. The van der Waals surface area contributed by atoms with E-state index in [1.807, 2.05) is 19.4 Å². The number of nitrogens with zero attached hydrogens (tertiary/aromatic N) is 3. The minimum Gasteiger partial charge on any atom is -0.315 e. The molecule has 1 fully saturated rings. The van der Waals surface area contributed by atoms with Crippen LogP contribution in [-0.4, -0.2) is 33.8 Å². The molecule has 3 atom stereocenters. The highest BCUT2D eigenvalue weighted by Gasteiger charge is 2.35. The van der Waals surface area contributed by atoms with E-state index in [0.717, 1.165) is 36.0 Å². The number of aryl methyl sites for hydroxylation is 2. The topological polar surface area (TPSA) is 71.8 Å². The Labute approximate surface area is 152 Å². The minimum atomic E-state index is -0.0754. The van der Waals surface area contributed by atoms with Gasteiger partial charge in [0.1, 0.15) is 0 Å². The van der Waals surface area contributed by atoms with Gasteiger partial charge in [-0.15, -0.1) is 11.3 Å². The third-order valence-corrected chi connectivity index (χ3v) is 6.59. The van der Waals surface area contributed by atoms with Crippen LogP contribution in [0.1, 0.15) is 41.8 Å². The van der Waals surface area contributed by atoms with Crippen LogP contribution in [0.25, 0.3) is 0 Å². The summed E-state index contributed by atoms with van der Waals surface area (Å²) in [6.45, 7) is 3.77. The largest absolute Gasteiger partial charge is 0.315 e. The van der Waals surface area contributed by atoms with Crippen molar-refractivity contribution < 1.29 is 4.79 Å². The lowest BCUT2D eigenvalue weighted by Crippen LogP contribution is -2.28. The van der Waals surface area contributed by atoms with Crippen molar-refractivity contribution in [1.29, 1.82) is 0 Å². The second-order valence-corrected chi connectivity index (χ2v) is 8.30. The van der Waals surface area contributed by atoms with Crippen molar-refractivity contribution in [2.75, 3.05) is 18.4 Å². The van der Waals surface area contributed by atoms with Crippen molar-refractivity contribution in [3.05, 3.63) is 28.5 Å². The van der Waals surface area contributed by atoms with Crippen LogP contribution in [-0.2, 0) is 24.7 Å². The van der Waals surface area contributed by atoms with Crippen LogP contribution < -0.4 is 10.6 Å². The minimum absolute atomic E-state index is 0.0667. The zero-order valence-corrected chi connectivity index (χ0v) is 15.6. The van der Waals surface area contributed by atoms with E-state index in [-0.39, 0.29) is 17.7 Å². The highest BCUT2D eigenvalue weighted by molar-refractivity contribution is 7.15. The van der Waals surface area contributed by atoms with Gasteiger partial charge < -0.3 is 10.6 Å². The van der Waals surface area contributed by atoms with Gasteiger partial charge in [-0.25, -0.2) is 4.98 Å². The number of amides is 1.